The highest BCUT2D eigenvalue weighted by atomic mass is 32.2. The first kappa shape index (κ1) is 17.4. The highest BCUT2D eigenvalue weighted by molar-refractivity contribution is 7.86. The zero-order valence-corrected chi connectivity index (χ0v) is 13.2. The zero-order valence-electron chi connectivity index (χ0n) is 12.4. The van der Waals surface area contributed by atoms with E-state index < -0.39 is 16.2 Å². The fourth-order valence-electron chi connectivity index (χ4n) is 2.45. The fourth-order valence-corrected chi connectivity index (χ4v) is 3.88. The van der Waals surface area contributed by atoms with Crippen molar-refractivity contribution in [2.75, 3.05) is 26.7 Å². The van der Waals surface area contributed by atoms with E-state index in [2.05, 4.69) is 0 Å². The van der Waals surface area contributed by atoms with Gasteiger partial charge < -0.3 is 5.11 Å². The Morgan fingerprint density at radius 3 is 2.45 bits per heavy atom. The molecular formula is C13H26N2O4S. The average molecular weight is 306 g/mol. The summed E-state index contributed by atoms with van der Waals surface area (Å²) in [6.07, 6.45) is 4.17. The quantitative estimate of drug-likeness (QED) is 0.738. The van der Waals surface area contributed by atoms with E-state index in [9.17, 15) is 13.2 Å². The lowest BCUT2D eigenvalue weighted by Gasteiger charge is -2.33. The molecule has 7 heteroatoms. The van der Waals surface area contributed by atoms with E-state index in [1.165, 1.54) is 8.61 Å². The summed E-state index contributed by atoms with van der Waals surface area (Å²) in [5.74, 6) is -0.446. The number of rotatable bonds is 8. The predicted molar refractivity (Wildman–Crippen MR) is 77.6 cm³/mol. The van der Waals surface area contributed by atoms with Gasteiger partial charge in [-0.1, -0.05) is 13.3 Å². The summed E-state index contributed by atoms with van der Waals surface area (Å²) in [7, 11) is -1.71. The van der Waals surface area contributed by atoms with Crippen molar-refractivity contribution in [3.05, 3.63) is 0 Å². The normalized spacial score (nSPS) is 18.6. The van der Waals surface area contributed by atoms with Crippen LogP contribution >= 0.6 is 0 Å². The Morgan fingerprint density at radius 1 is 1.35 bits per heavy atom. The standard InChI is InChI=1S/C13H26N2O4S/c1-3-4-9-14(2)20(18,19)15-10-7-12(8-11-15)5-6-13(16)17/h12H,3-11H2,1-2H3,(H,16,17). The second-order valence-electron chi connectivity index (χ2n) is 5.46. The van der Waals surface area contributed by atoms with Gasteiger partial charge in [0.05, 0.1) is 0 Å². The number of hydrogen-bond donors (Lipinski definition) is 1. The van der Waals surface area contributed by atoms with Gasteiger partial charge in [-0.15, -0.1) is 0 Å². The Hall–Kier alpha value is -0.660. The summed E-state index contributed by atoms with van der Waals surface area (Å²) >= 11 is 0. The molecule has 20 heavy (non-hydrogen) atoms. The maximum Gasteiger partial charge on any atom is 0.303 e. The van der Waals surface area contributed by atoms with Crippen molar-refractivity contribution in [2.24, 2.45) is 5.92 Å². The number of unbranched alkanes of at least 4 members (excludes halogenated alkanes) is 1. The first-order valence-electron chi connectivity index (χ1n) is 7.31. The molecule has 0 spiro atoms. The van der Waals surface area contributed by atoms with Crippen LogP contribution in [-0.2, 0) is 15.0 Å². The predicted octanol–water partition coefficient (Wildman–Crippen LogP) is 1.54. The van der Waals surface area contributed by atoms with Crippen LogP contribution in [0.3, 0.4) is 0 Å². The van der Waals surface area contributed by atoms with Crippen molar-refractivity contribution in [1.82, 2.24) is 8.61 Å². The van der Waals surface area contributed by atoms with Gasteiger partial charge in [0.25, 0.3) is 10.2 Å². The third kappa shape index (κ3) is 5.03. The largest absolute Gasteiger partial charge is 0.481 e. The fraction of sp³-hybridized carbons (Fsp3) is 0.923. The minimum atomic E-state index is -3.34. The molecule has 1 fully saturated rings. The molecule has 1 heterocycles. The van der Waals surface area contributed by atoms with Crippen LogP contribution < -0.4 is 0 Å². The number of aliphatic carboxylic acids is 1. The monoisotopic (exact) mass is 306 g/mol. The van der Waals surface area contributed by atoms with Gasteiger partial charge in [0.1, 0.15) is 0 Å². The third-order valence-electron chi connectivity index (χ3n) is 3.89. The summed E-state index contributed by atoms with van der Waals surface area (Å²) in [5, 5.41) is 8.67. The van der Waals surface area contributed by atoms with E-state index in [0.29, 0.717) is 32.0 Å². The van der Waals surface area contributed by atoms with Crippen molar-refractivity contribution in [2.45, 2.75) is 45.4 Å². The van der Waals surface area contributed by atoms with Crippen LogP contribution in [0.5, 0.6) is 0 Å². The molecule has 0 aliphatic carbocycles. The van der Waals surface area contributed by atoms with E-state index in [1.54, 1.807) is 7.05 Å². The van der Waals surface area contributed by atoms with E-state index in [1.807, 2.05) is 6.92 Å². The highest BCUT2D eigenvalue weighted by Gasteiger charge is 2.30. The first-order valence-corrected chi connectivity index (χ1v) is 8.70. The molecule has 0 amide bonds. The van der Waals surface area contributed by atoms with Crippen LogP contribution in [0.1, 0.15) is 45.4 Å². The lowest BCUT2D eigenvalue weighted by Crippen LogP contribution is -2.46. The molecule has 0 atom stereocenters. The molecule has 1 aliphatic heterocycles. The van der Waals surface area contributed by atoms with Crippen molar-refractivity contribution in [3.8, 4) is 0 Å². The molecule has 0 unspecified atom stereocenters. The van der Waals surface area contributed by atoms with E-state index in [-0.39, 0.29) is 6.42 Å². The molecule has 0 bridgehead atoms. The van der Waals surface area contributed by atoms with Gasteiger partial charge in [-0.05, 0) is 31.6 Å². The summed E-state index contributed by atoms with van der Waals surface area (Å²) in [6, 6.07) is 0. The molecule has 0 saturated carbocycles. The van der Waals surface area contributed by atoms with Gasteiger partial charge >= 0.3 is 5.97 Å². The molecule has 1 rings (SSSR count). The number of piperidine rings is 1. The molecule has 0 aromatic rings. The maximum atomic E-state index is 12.3. The number of carboxylic acid groups (broad SMARTS) is 1. The average Bonchev–Trinajstić information content (AvgIpc) is 2.42. The molecule has 0 radical (unpaired) electrons. The Labute approximate surface area is 121 Å². The van der Waals surface area contributed by atoms with E-state index in [0.717, 1.165) is 25.7 Å². The molecule has 1 N–H and O–H groups in total. The Bertz CT molecular complexity index is 403. The van der Waals surface area contributed by atoms with E-state index >= 15 is 0 Å². The number of carbonyl (C=O) groups is 1. The van der Waals surface area contributed by atoms with Gasteiger partial charge in [-0.2, -0.15) is 17.0 Å². The highest BCUT2D eigenvalue weighted by Crippen LogP contribution is 2.24. The summed E-state index contributed by atoms with van der Waals surface area (Å²) in [6.45, 7) is 3.60. The van der Waals surface area contributed by atoms with Crippen LogP contribution in [-0.4, -0.2) is 54.8 Å². The Kier molecular flexibility index (Phi) is 6.91. The lowest BCUT2D eigenvalue weighted by atomic mass is 9.93. The summed E-state index contributed by atoms with van der Waals surface area (Å²) < 4.78 is 27.6. The number of hydrogen-bond acceptors (Lipinski definition) is 3. The lowest BCUT2D eigenvalue weighted by molar-refractivity contribution is -0.137. The van der Waals surface area contributed by atoms with Gasteiger partial charge in [-0.25, -0.2) is 0 Å². The molecule has 1 saturated heterocycles. The van der Waals surface area contributed by atoms with Crippen LogP contribution in [0, 0.1) is 5.92 Å². The van der Waals surface area contributed by atoms with Crippen molar-refractivity contribution >= 4 is 16.2 Å². The van der Waals surface area contributed by atoms with Crippen LogP contribution in [0.15, 0.2) is 0 Å². The maximum absolute atomic E-state index is 12.3. The van der Waals surface area contributed by atoms with Gasteiger partial charge in [0.2, 0.25) is 0 Å². The minimum Gasteiger partial charge on any atom is -0.481 e. The zero-order chi connectivity index (χ0) is 15.2. The topological polar surface area (TPSA) is 77.9 Å². The summed E-state index contributed by atoms with van der Waals surface area (Å²) in [4.78, 5) is 10.5. The van der Waals surface area contributed by atoms with Crippen LogP contribution in [0.25, 0.3) is 0 Å². The summed E-state index contributed by atoms with van der Waals surface area (Å²) in [5.41, 5.74) is 0. The molecule has 6 nitrogen and oxygen atoms in total. The molecule has 0 aromatic heterocycles. The van der Waals surface area contributed by atoms with Crippen LogP contribution in [0.2, 0.25) is 0 Å². The molecule has 1 aliphatic rings. The van der Waals surface area contributed by atoms with Crippen molar-refractivity contribution < 1.29 is 18.3 Å². The Balaban J connectivity index is 2.45. The smallest absolute Gasteiger partial charge is 0.303 e. The van der Waals surface area contributed by atoms with Crippen molar-refractivity contribution in [3.63, 3.8) is 0 Å². The molecule has 118 valence electrons. The van der Waals surface area contributed by atoms with Crippen molar-refractivity contribution in [1.29, 1.82) is 0 Å². The van der Waals surface area contributed by atoms with E-state index in [4.69, 9.17) is 5.11 Å². The van der Waals surface area contributed by atoms with Crippen LogP contribution in [0.4, 0.5) is 0 Å². The second-order valence-corrected chi connectivity index (χ2v) is 7.49. The molecule has 0 aromatic carbocycles. The molecular weight excluding hydrogens is 280 g/mol. The SMILES string of the molecule is CCCCN(C)S(=O)(=O)N1CCC(CCC(=O)O)CC1. The third-order valence-corrected chi connectivity index (χ3v) is 5.87. The van der Waals surface area contributed by atoms with Gasteiger partial charge in [0, 0.05) is 33.1 Å². The minimum absolute atomic E-state index is 0.174. The second kappa shape index (κ2) is 7.95. The Morgan fingerprint density at radius 2 is 1.95 bits per heavy atom. The van der Waals surface area contributed by atoms with Gasteiger partial charge in [0.15, 0.2) is 0 Å². The number of carboxylic acids is 1. The van der Waals surface area contributed by atoms with Gasteiger partial charge in [-0.3, -0.25) is 4.79 Å². The number of nitrogens with zero attached hydrogens (tertiary/aromatic N) is 2. The first-order chi connectivity index (χ1) is 9.37.